The first kappa shape index (κ1) is 30.5. The molecule has 44 heavy (non-hydrogen) atoms. The summed E-state index contributed by atoms with van der Waals surface area (Å²) >= 11 is 0. The Morgan fingerprint density at radius 3 is 2.57 bits per heavy atom. The lowest BCUT2D eigenvalue weighted by Crippen LogP contribution is -2.60. The van der Waals surface area contributed by atoms with Gasteiger partial charge < -0.3 is 24.1 Å². The van der Waals surface area contributed by atoms with Crippen LogP contribution in [0.5, 0.6) is 0 Å². The van der Waals surface area contributed by atoms with Crippen LogP contribution in [-0.2, 0) is 34.5 Å². The molecule has 8 heteroatoms. The van der Waals surface area contributed by atoms with Crippen molar-refractivity contribution in [1.82, 2.24) is 4.98 Å². The van der Waals surface area contributed by atoms with E-state index < -0.39 is 34.8 Å². The summed E-state index contributed by atoms with van der Waals surface area (Å²) in [4.78, 5) is 29.2. The minimum absolute atomic E-state index is 0.0138. The van der Waals surface area contributed by atoms with E-state index in [0.717, 1.165) is 43.2 Å². The number of aromatic nitrogens is 1. The molecule has 0 amide bonds. The first-order valence-electron chi connectivity index (χ1n) is 16.7. The molecule has 1 aromatic heterocycles. The van der Waals surface area contributed by atoms with Crippen LogP contribution in [0.15, 0.2) is 36.2 Å². The topological polar surface area (TPSA) is 104 Å². The second-order valence-corrected chi connectivity index (χ2v) is 16.0. The highest BCUT2D eigenvalue weighted by Gasteiger charge is 2.69. The van der Waals surface area contributed by atoms with E-state index in [1.54, 1.807) is 18.5 Å². The molecule has 2 aliphatic heterocycles. The van der Waals surface area contributed by atoms with Crippen LogP contribution in [0.25, 0.3) is 0 Å². The molecule has 3 saturated carbocycles. The molecule has 8 nitrogen and oxygen atoms in total. The van der Waals surface area contributed by atoms with E-state index in [2.05, 4.69) is 46.5 Å². The molecule has 0 unspecified atom stereocenters. The number of ether oxygens (including phenoxy) is 4. The maximum atomic E-state index is 12.7. The van der Waals surface area contributed by atoms with Crippen LogP contribution in [0.2, 0.25) is 0 Å². The third-order valence-electron chi connectivity index (χ3n) is 13.6. The molecule has 0 aromatic carbocycles. The molecule has 12 atom stereocenters. The van der Waals surface area contributed by atoms with Crippen molar-refractivity contribution in [2.45, 2.75) is 129 Å². The fourth-order valence-electron chi connectivity index (χ4n) is 11.0. The summed E-state index contributed by atoms with van der Waals surface area (Å²) in [6.45, 7) is 14.7. The molecule has 2 saturated heterocycles. The van der Waals surface area contributed by atoms with Gasteiger partial charge in [0.2, 0.25) is 0 Å². The summed E-state index contributed by atoms with van der Waals surface area (Å²) in [5, 5.41) is 11.8. The number of carbonyl (C=O) groups is 2. The Labute approximate surface area is 261 Å². The van der Waals surface area contributed by atoms with Gasteiger partial charge in [-0.15, -0.1) is 0 Å². The summed E-state index contributed by atoms with van der Waals surface area (Å²) in [7, 11) is 0. The van der Waals surface area contributed by atoms with Gasteiger partial charge in [0.25, 0.3) is 0 Å². The van der Waals surface area contributed by atoms with Gasteiger partial charge in [-0.25, -0.2) is 0 Å². The van der Waals surface area contributed by atoms with Crippen molar-refractivity contribution in [2.75, 3.05) is 0 Å². The normalized spacial score (nSPS) is 48.0. The average molecular weight is 608 g/mol. The number of fused-ring (bicyclic) bond motifs is 7. The van der Waals surface area contributed by atoms with E-state index in [1.165, 1.54) is 6.92 Å². The molecular weight excluding hydrogens is 558 g/mol. The molecule has 1 aromatic rings. The van der Waals surface area contributed by atoms with Gasteiger partial charge in [-0.2, -0.15) is 0 Å². The van der Waals surface area contributed by atoms with Crippen molar-refractivity contribution in [3.05, 3.63) is 41.7 Å². The van der Waals surface area contributed by atoms with Crippen LogP contribution >= 0.6 is 0 Å². The number of hydrogen-bond donors (Lipinski definition) is 1. The zero-order chi connectivity index (χ0) is 31.4. The van der Waals surface area contributed by atoms with Gasteiger partial charge in [-0.1, -0.05) is 26.3 Å². The zero-order valence-electron chi connectivity index (χ0n) is 27.3. The fraction of sp³-hybridized carbons (Fsp3) is 0.750. The third-order valence-corrected chi connectivity index (χ3v) is 13.6. The van der Waals surface area contributed by atoms with Crippen molar-refractivity contribution in [1.29, 1.82) is 0 Å². The minimum Gasteiger partial charge on any atom is -0.461 e. The first-order chi connectivity index (χ1) is 20.6. The second-order valence-electron chi connectivity index (χ2n) is 16.0. The Morgan fingerprint density at radius 1 is 1.09 bits per heavy atom. The highest BCUT2D eigenvalue weighted by atomic mass is 16.9. The molecule has 0 radical (unpaired) electrons. The Hall–Kier alpha value is -2.13. The first-order valence-corrected chi connectivity index (χ1v) is 16.7. The van der Waals surface area contributed by atoms with Crippen LogP contribution in [0, 0.1) is 40.4 Å². The third kappa shape index (κ3) is 4.19. The summed E-state index contributed by atoms with van der Waals surface area (Å²) in [5.74, 6) is -0.425. The maximum absolute atomic E-state index is 12.7. The maximum Gasteiger partial charge on any atom is 0.315 e. The molecule has 7 rings (SSSR count). The van der Waals surface area contributed by atoms with Crippen LogP contribution in [0.4, 0.5) is 0 Å². The number of carbonyl (C=O) groups excluding carboxylic acids is 2. The molecule has 1 N–H and O–H groups in total. The Morgan fingerprint density at radius 2 is 1.86 bits per heavy atom. The van der Waals surface area contributed by atoms with Gasteiger partial charge in [-0.05, 0) is 106 Å². The largest absolute Gasteiger partial charge is 0.461 e. The molecule has 240 valence electrons. The van der Waals surface area contributed by atoms with Crippen molar-refractivity contribution < 1.29 is 33.6 Å². The number of aliphatic hydroxyl groups excluding tert-OH is 1. The second kappa shape index (κ2) is 9.93. The number of ketones is 1. The Balaban J connectivity index is 1.18. The van der Waals surface area contributed by atoms with Crippen LogP contribution < -0.4 is 0 Å². The van der Waals surface area contributed by atoms with Crippen LogP contribution in [-0.4, -0.2) is 51.4 Å². The van der Waals surface area contributed by atoms with Gasteiger partial charge in [-0.3, -0.25) is 14.6 Å². The van der Waals surface area contributed by atoms with Gasteiger partial charge in [0, 0.05) is 37.6 Å². The number of aliphatic hydroxyl groups is 1. The summed E-state index contributed by atoms with van der Waals surface area (Å²) in [5.41, 5.74) is 0.246. The number of nitrogens with zero attached hydrogens (tertiary/aromatic N) is 1. The molecule has 0 spiro atoms. The van der Waals surface area contributed by atoms with Crippen LogP contribution in [0.3, 0.4) is 0 Å². The lowest BCUT2D eigenvalue weighted by Gasteiger charge is -2.61. The fourth-order valence-corrected chi connectivity index (χ4v) is 11.0. The van der Waals surface area contributed by atoms with Crippen molar-refractivity contribution >= 4 is 11.8 Å². The zero-order valence-corrected chi connectivity index (χ0v) is 27.3. The molecule has 6 aliphatic rings. The quantitative estimate of drug-likeness (QED) is 0.425. The van der Waals surface area contributed by atoms with E-state index in [0.29, 0.717) is 18.3 Å². The van der Waals surface area contributed by atoms with E-state index >= 15 is 0 Å². The molecule has 5 fully saturated rings. The lowest BCUT2D eigenvalue weighted by atomic mass is 9.45. The van der Waals surface area contributed by atoms with Gasteiger partial charge in [0.15, 0.2) is 5.78 Å². The van der Waals surface area contributed by atoms with E-state index in [4.69, 9.17) is 18.9 Å². The standard InChI is InChI=1S/C36H49NO7/c1-20(29-18-34(6)32(3,4)43-36(42-29,44-34)22-9-8-14-37-19-22)25-10-11-26-31-27(12-13-33(25,26)5)35(7)23(16-28(31)40)15-24(39)17-30(35)41-21(2)38/h8-9,14-15,19-20,25-31,40H,10-13,16-18H2,1-7H3/t20-,25+,26-,27-,28+,29+,30-,31-,33+,34+,35-,36-/m0/s1. The molecule has 4 aliphatic carbocycles. The van der Waals surface area contributed by atoms with Crippen molar-refractivity contribution in [3.8, 4) is 0 Å². The summed E-state index contributed by atoms with van der Waals surface area (Å²) < 4.78 is 26.1. The number of hydrogen-bond acceptors (Lipinski definition) is 8. The molecule has 2 bridgehead atoms. The molecule has 3 heterocycles. The summed E-state index contributed by atoms with van der Waals surface area (Å²) in [6, 6.07) is 3.85. The van der Waals surface area contributed by atoms with Gasteiger partial charge in [0.1, 0.15) is 11.7 Å². The minimum atomic E-state index is -1.29. The predicted molar refractivity (Wildman–Crippen MR) is 162 cm³/mol. The van der Waals surface area contributed by atoms with Crippen molar-refractivity contribution in [3.63, 3.8) is 0 Å². The predicted octanol–water partition coefficient (Wildman–Crippen LogP) is 5.86. The monoisotopic (exact) mass is 607 g/mol. The molecular formula is C36H49NO7. The highest BCUT2D eigenvalue weighted by molar-refractivity contribution is 5.92. The number of pyridine rings is 1. The lowest BCUT2D eigenvalue weighted by molar-refractivity contribution is -0.407. The van der Waals surface area contributed by atoms with Gasteiger partial charge in [0.05, 0.1) is 23.4 Å². The Bertz CT molecular complexity index is 1370. The number of esters is 1. The smallest absolute Gasteiger partial charge is 0.315 e. The van der Waals surface area contributed by atoms with Crippen molar-refractivity contribution in [2.24, 2.45) is 40.4 Å². The SMILES string of the molecule is CC(=O)O[C@H]1CC(=O)C=C2C[C@@H](O)[C@H]3[C@@H]4CC[C@H]([C@H](C)[C@H]5C[C@@]6(C)O[C@@](c7cccnc7)(O5)OC6(C)C)[C@@]4(C)CC[C@@H]3[C@]21C. The van der Waals surface area contributed by atoms with Gasteiger partial charge >= 0.3 is 11.9 Å². The van der Waals surface area contributed by atoms with E-state index in [1.807, 2.05) is 12.1 Å². The highest BCUT2D eigenvalue weighted by Crippen LogP contribution is 2.69. The number of rotatable bonds is 4. The van der Waals surface area contributed by atoms with Crippen LogP contribution in [0.1, 0.15) is 99.0 Å². The Kier molecular flexibility index (Phi) is 6.89. The summed E-state index contributed by atoms with van der Waals surface area (Å²) in [6.07, 6.45) is 9.70. The average Bonchev–Trinajstić information content (AvgIpc) is 3.37. The van der Waals surface area contributed by atoms with E-state index in [9.17, 15) is 14.7 Å². The van der Waals surface area contributed by atoms with E-state index in [-0.39, 0.29) is 47.4 Å².